The van der Waals surface area contributed by atoms with E-state index in [4.69, 9.17) is 21.1 Å². The molecule has 86 valence electrons. The summed E-state index contributed by atoms with van der Waals surface area (Å²) >= 11 is 5.84. The van der Waals surface area contributed by atoms with Crippen molar-refractivity contribution >= 4 is 11.6 Å². The van der Waals surface area contributed by atoms with Crippen LogP contribution in [0.3, 0.4) is 0 Å². The van der Waals surface area contributed by atoms with Crippen molar-refractivity contribution in [1.29, 1.82) is 0 Å². The predicted molar refractivity (Wildman–Crippen MR) is 63.3 cm³/mol. The Balaban J connectivity index is 2.06. The molecule has 3 rings (SSSR count). The molecule has 0 fully saturated rings. The van der Waals surface area contributed by atoms with E-state index in [-0.39, 0.29) is 6.79 Å². The molecule has 0 amide bonds. The lowest BCUT2D eigenvalue weighted by molar-refractivity contribution is 0.174. The summed E-state index contributed by atoms with van der Waals surface area (Å²) in [4.78, 5) is 0. The third-order valence-corrected chi connectivity index (χ3v) is 2.97. The molecule has 0 aliphatic carbocycles. The summed E-state index contributed by atoms with van der Waals surface area (Å²) in [5.74, 6) is 1.49. The minimum atomic E-state index is 0.268. The molecular formula is C12H9ClN2O2. The summed E-state index contributed by atoms with van der Waals surface area (Å²) in [6.07, 6.45) is 0. The molecule has 0 spiro atoms. The summed E-state index contributed by atoms with van der Waals surface area (Å²) in [7, 11) is 0. The van der Waals surface area contributed by atoms with Crippen molar-refractivity contribution in [2.24, 2.45) is 0 Å². The largest absolute Gasteiger partial charge is 0.454 e. The highest BCUT2D eigenvalue weighted by molar-refractivity contribution is 6.30. The Morgan fingerprint density at radius 3 is 2.76 bits per heavy atom. The van der Waals surface area contributed by atoms with Crippen molar-refractivity contribution in [3.05, 3.63) is 35.0 Å². The van der Waals surface area contributed by atoms with Crippen molar-refractivity contribution < 1.29 is 9.47 Å². The number of benzene rings is 1. The van der Waals surface area contributed by atoms with Gasteiger partial charge in [0.1, 0.15) is 0 Å². The third kappa shape index (κ3) is 1.80. The van der Waals surface area contributed by atoms with Crippen LogP contribution in [-0.4, -0.2) is 17.0 Å². The second-order valence-corrected chi connectivity index (χ2v) is 4.13. The van der Waals surface area contributed by atoms with E-state index in [1.807, 2.05) is 31.2 Å². The molecule has 2 aromatic rings. The van der Waals surface area contributed by atoms with Gasteiger partial charge in [-0.05, 0) is 36.8 Å². The molecule has 0 radical (unpaired) electrons. The van der Waals surface area contributed by atoms with Gasteiger partial charge in [0, 0.05) is 5.56 Å². The van der Waals surface area contributed by atoms with E-state index in [0.717, 1.165) is 28.3 Å². The van der Waals surface area contributed by atoms with Crippen LogP contribution < -0.4 is 9.47 Å². The highest BCUT2D eigenvalue weighted by Crippen LogP contribution is 2.35. The molecular weight excluding hydrogens is 240 g/mol. The molecule has 5 heteroatoms. The minimum Gasteiger partial charge on any atom is -0.454 e. The first kappa shape index (κ1) is 10.4. The summed E-state index contributed by atoms with van der Waals surface area (Å²) in [5, 5.41) is 8.37. The van der Waals surface area contributed by atoms with Crippen LogP contribution in [0.5, 0.6) is 11.5 Å². The zero-order valence-corrected chi connectivity index (χ0v) is 9.86. The van der Waals surface area contributed by atoms with E-state index >= 15 is 0 Å². The molecule has 1 aliphatic rings. The summed E-state index contributed by atoms with van der Waals surface area (Å²) in [6, 6.07) is 7.57. The van der Waals surface area contributed by atoms with E-state index in [9.17, 15) is 0 Å². The van der Waals surface area contributed by atoms with E-state index in [1.54, 1.807) is 0 Å². The van der Waals surface area contributed by atoms with Crippen molar-refractivity contribution in [1.82, 2.24) is 10.2 Å². The number of fused-ring (bicyclic) bond motifs is 1. The average molecular weight is 249 g/mol. The number of hydrogen-bond acceptors (Lipinski definition) is 4. The van der Waals surface area contributed by atoms with Gasteiger partial charge in [-0.1, -0.05) is 11.6 Å². The first-order valence-electron chi connectivity index (χ1n) is 5.14. The van der Waals surface area contributed by atoms with Crippen molar-refractivity contribution in [3.63, 3.8) is 0 Å². The Labute approximate surface area is 103 Å². The van der Waals surface area contributed by atoms with Crippen LogP contribution in [-0.2, 0) is 0 Å². The number of ether oxygens (including phenoxy) is 2. The molecule has 1 aromatic heterocycles. The SMILES string of the molecule is Cc1cc(-c2ccc3c(c2)OCO3)nnc1Cl. The van der Waals surface area contributed by atoms with Crippen LogP contribution in [0, 0.1) is 6.92 Å². The van der Waals surface area contributed by atoms with Gasteiger partial charge in [0.05, 0.1) is 5.69 Å². The van der Waals surface area contributed by atoms with Crippen molar-refractivity contribution in [2.75, 3.05) is 6.79 Å². The minimum absolute atomic E-state index is 0.268. The molecule has 17 heavy (non-hydrogen) atoms. The van der Waals surface area contributed by atoms with Gasteiger partial charge in [0.25, 0.3) is 0 Å². The van der Waals surface area contributed by atoms with E-state index < -0.39 is 0 Å². The average Bonchev–Trinajstić information content (AvgIpc) is 2.79. The first-order valence-corrected chi connectivity index (χ1v) is 5.52. The lowest BCUT2D eigenvalue weighted by Gasteiger charge is -2.03. The molecule has 0 bridgehead atoms. The Bertz CT molecular complexity index is 587. The fraction of sp³-hybridized carbons (Fsp3) is 0.167. The zero-order valence-electron chi connectivity index (χ0n) is 9.11. The maximum atomic E-state index is 5.84. The van der Waals surface area contributed by atoms with Gasteiger partial charge in [0.15, 0.2) is 16.7 Å². The Hall–Kier alpha value is -1.81. The molecule has 0 saturated carbocycles. The van der Waals surface area contributed by atoms with Gasteiger partial charge in [-0.15, -0.1) is 10.2 Å². The molecule has 1 aliphatic heterocycles. The first-order chi connectivity index (χ1) is 8.24. The number of rotatable bonds is 1. The summed E-state index contributed by atoms with van der Waals surface area (Å²) in [5.41, 5.74) is 2.60. The molecule has 0 N–H and O–H groups in total. The molecule has 0 atom stereocenters. The van der Waals surface area contributed by atoms with Gasteiger partial charge in [-0.25, -0.2) is 0 Å². The zero-order chi connectivity index (χ0) is 11.8. The van der Waals surface area contributed by atoms with Gasteiger partial charge in [-0.3, -0.25) is 0 Å². The number of nitrogens with zero attached hydrogens (tertiary/aromatic N) is 2. The van der Waals surface area contributed by atoms with Crippen molar-refractivity contribution in [2.45, 2.75) is 6.92 Å². The molecule has 0 saturated heterocycles. The highest BCUT2D eigenvalue weighted by Gasteiger charge is 2.14. The van der Waals surface area contributed by atoms with Crippen LogP contribution >= 0.6 is 11.6 Å². The highest BCUT2D eigenvalue weighted by atomic mass is 35.5. The smallest absolute Gasteiger partial charge is 0.231 e. The lowest BCUT2D eigenvalue weighted by atomic mass is 10.1. The predicted octanol–water partition coefficient (Wildman–Crippen LogP) is 2.83. The lowest BCUT2D eigenvalue weighted by Crippen LogP contribution is -1.93. The van der Waals surface area contributed by atoms with Crippen molar-refractivity contribution in [3.8, 4) is 22.8 Å². The maximum absolute atomic E-state index is 5.84. The molecule has 1 aromatic carbocycles. The normalized spacial score (nSPS) is 12.8. The fourth-order valence-corrected chi connectivity index (χ4v) is 1.76. The molecule has 0 unspecified atom stereocenters. The molecule has 2 heterocycles. The Kier molecular flexibility index (Phi) is 2.37. The number of halogens is 1. The van der Waals surface area contributed by atoms with E-state index in [1.165, 1.54) is 0 Å². The van der Waals surface area contributed by atoms with Crippen LogP contribution in [0.2, 0.25) is 5.15 Å². The topological polar surface area (TPSA) is 44.2 Å². The summed E-state index contributed by atoms with van der Waals surface area (Å²) in [6.45, 7) is 2.16. The van der Waals surface area contributed by atoms with Gasteiger partial charge >= 0.3 is 0 Å². The Morgan fingerprint density at radius 1 is 1.12 bits per heavy atom. The fourth-order valence-electron chi connectivity index (χ4n) is 1.67. The number of aryl methyl sites for hydroxylation is 1. The van der Waals surface area contributed by atoms with Crippen LogP contribution in [0.4, 0.5) is 0 Å². The van der Waals surface area contributed by atoms with Gasteiger partial charge in [0.2, 0.25) is 6.79 Å². The van der Waals surface area contributed by atoms with E-state index in [2.05, 4.69) is 10.2 Å². The van der Waals surface area contributed by atoms with Crippen LogP contribution in [0.1, 0.15) is 5.56 Å². The monoisotopic (exact) mass is 248 g/mol. The maximum Gasteiger partial charge on any atom is 0.231 e. The van der Waals surface area contributed by atoms with Crippen LogP contribution in [0.25, 0.3) is 11.3 Å². The van der Waals surface area contributed by atoms with Gasteiger partial charge < -0.3 is 9.47 Å². The second-order valence-electron chi connectivity index (χ2n) is 3.77. The standard InChI is InChI=1S/C12H9ClN2O2/c1-7-4-9(14-15-12(7)13)8-2-3-10-11(5-8)17-6-16-10/h2-5H,6H2,1H3. The Morgan fingerprint density at radius 2 is 1.94 bits per heavy atom. The van der Waals surface area contributed by atoms with Crippen LogP contribution in [0.15, 0.2) is 24.3 Å². The summed E-state index contributed by atoms with van der Waals surface area (Å²) < 4.78 is 10.6. The molecule has 4 nitrogen and oxygen atoms in total. The third-order valence-electron chi connectivity index (χ3n) is 2.59. The second kappa shape index (κ2) is 3.89. The van der Waals surface area contributed by atoms with Gasteiger partial charge in [-0.2, -0.15) is 0 Å². The number of aromatic nitrogens is 2. The quantitative estimate of drug-likeness (QED) is 0.778. The number of hydrogen-bond donors (Lipinski definition) is 0. The van der Waals surface area contributed by atoms with E-state index in [0.29, 0.717) is 5.15 Å².